The molecular weight excluding hydrogens is 232 g/mol. The molecule has 0 saturated carbocycles. The summed E-state index contributed by atoms with van der Waals surface area (Å²) in [6.07, 6.45) is 1.32. The maximum Gasteiger partial charge on any atom is 0.256 e. The average molecular weight is 245 g/mol. The Kier molecular flexibility index (Phi) is 3.59. The summed E-state index contributed by atoms with van der Waals surface area (Å²) < 4.78 is 4.78. The largest absolute Gasteiger partial charge is 0.452 e. The number of furan rings is 1. The summed E-state index contributed by atoms with van der Waals surface area (Å²) in [5.41, 5.74) is 4.61. The van der Waals surface area contributed by atoms with Crippen molar-refractivity contribution in [3.63, 3.8) is 0 Å². The van der Waals surface area contributed by atoms with Crippen LogP contribution in [0.2, 0.25) is 5.22 Å². The van der Waals surface area contributed by atoms with E-state index >= 15 is 0 Å². The number of hydrogen-bond acceptors (Lipinski definition) is 3. The Morgan fingerprint density at radius 1 is 1.56 bits per heavy atom. The fraction of sp³-hybridized carbons (Fsp3) is 0.400. The molecule has 1 rings (SSSR count). The van der Waals surface area contributed by atoms with Crippen LogP contribution in [0.15, 0.2) is 16.7 Å². The standard InChI is InChI=1S/C10H13ClN2O3/c1-10(2,9(12)15)5-13-8(14)6-3-4-16-7(6)11/h3-4H,5H2,1-2H3,(H2,12,15)(H,13,14). The van der Waals surface area contributed by atoms with Crippen molar-refractivity contribution >= 4 is 23.4 Å². The molecule has 6 heteroatoms. The van der Waals surface area contributed by atoms with Gasteiger partial charge >= 0.3 is 0 Å². The Morgan fingerprint density at radius 2 is 2.19 bits per heavy atom. The van der Waals surface area contributed by atoms with E-state index in [0.29, 0.717) is 0 Å². The average Bonchev–Trinajstić information content (AvgIpc) is 2.61. The van der Waals surface area contributed by atoms with Crippen LogP contribution in [-0.2, 0) is 4.79 Å². The Balaban J connectivity index is 2.61. The van der Waals surface area contributed by atoms with Crippen molar-refractivity contribution in [3.05, 3.63) is 23.1 Å². The van der Waals surface area contributed by atoms with Gasteiger partial charge in [-0.05, 0) is 31.5 Å². The second-order valence-corrected chi connectivity index (χ2v) is 4.38. The van der Waals surface area contributed by atoms with E-state index in [9.17, 15) is 9.59 Å². The van der Waals surface area contributed by atoms with Crippen LogP contribution < -0.4 is 11.1 Å². The van der Waals surface area contributed by atoms with Crippen LogP contribution in [0.5, 0.6) is 0 Å². The molecular formula is C10H13ClN2O3. The van der Waals surface area contributed by atoms with Gasteiger partial charge in [0.2, 0.25) is 11.1 Å². The van der Waals surface area contributed by atoms with Crippen LogP contribution in [0.3, 0.4) is 0 Å². The highest BCUT2D eigenvalue weighted by Gasteiger charge is 2.26. The van der Waals surface area contributed by atoms with E-state index in [0.717, 1.165) is 0 Å². The minimum Gasteiger partial charge on any atom is -0.452 e. The van der Waals surface area contributed by atoms with Crippen LogP contribution in [0.1, 0.15) is 24.2 Å². The first-order valence-electron chi connectivity index (χ1n) is 4.65. The SMILES string of the molecule is CC(C)(CNC(=O)c1ccoc1Cl)C(N)=O. The molecule has 5 nitrogen and oxygen atoms in total. The molecule has 0 saturated heterocycles. The zero-order chi connectivity index (χ0) is 12.3. The summed E-state index contributed by atoms with van der Waals surface area (Å²) in [6, 6.07) is 1.45. The zero-order valence-electron chi connectivity index (χ0n) is 9.04. The summed E-state index contributed by atoms with van der Waals surface area (Å²) in [7, 11) is 0. The molecule has 0 unspecified atom stereocenters. The van der Waals surface area contributed by atoms with E-state index in [1.807, 2.05) is 0 Å². The lowest BCUT2D eigenvalue weighted by Crippen LogP contribution is -2.42. The van der Waals surface area contributed by atoms with Crippen molar-refractivity contribution in [1.29, 1.82) is 0 Å². The molecule has 0 aliphatic heterocycles. The molecule has 0 radical (unpaired) electrons. The smallest absolute Gasteiger partial charge is 0.256 e. The van der Waals surface area contributed by atoms with E-state index in [1.54, 1.807) is 13.8 Å². The fourth-order valence-corrected chi connectivity index (χ4v) is 1.14. The van der Waals surface area contributed by atoms with Gasteiger partial charge in [-0.15, -0.1) is 0 Å². The lowest BCUT2D eigenvalue weighted by molar-refractivity contribution is -0.125. The first kappa shape index (κ1) is 12.6. The van der Waals surface area contributed by atoms with Gasteiger partial charge < -0.3 is 15.5 Å². The molecule has 0 spiro atoms. The van der Waals surface area contributed by atoms with Gasteiger partial charge in [-0.3, -0.25) is 9.59 Å². The Labute approximate surface area is 97.9 Å². The maximum atomic E-state index is 11.6. The van der Waals surface area contributed by atoms with Crippen molar-refractivity contribution in [2.75, 3.05) is 6.54 Å². The minimum atomic E-state index is -0.800. The monoisotopic (exact) mass is 244 g/mol. The van der Waals surface area contributed by atoms with Gasteiger partial charge in [0.05, 0.1) is 17.2 Å². The molecule has 0 atom stereocenters. The summed E-state index contributed by atoms with van der Waals surface area (Å²) in [4.78, 5) is 22.6. The molecule has 0 aliphatic rings. The van der Waals surface area contributed by atoms with Gasteiger partial charge in [0, 0.05) is 6.54 Å². The lowest BCUT2D eigenvalue weighted by Gasteiger charge is -2.20. The van der Waals surface area contributed by atoms with Crippen LogP contribution >= 0.6 is 11.6 Å². The normalized spacial score (nSPS) is 11.2. The third kappa shape index (κ3) is 2.76. The predicted octanol–water partition coefficient (Wildman–Crippen LogP) is 1.17. The maximum absolute atomic E-state index is 11.6. The first-order chi connectivity index (χ1) is 7.34. The minimum absolute atomic E-state index is 0.0226. The molecule has 0 fully saturated rings. The fourth-order valence-electron chi connectivity index (χ4n) is 0.939. The molecule has 0 aliphatic carbocycles. The number of halogens is 1. The molecule has 1 aromatic rings. The highest BCUT2D eigenvalue weighted by molar-refractivity contribution is 6.32. The van der Waals surface area contributed by atoms with Crippen molar-refractivity contribution < 1.29 is 14.0 Å². The number of rotatable bonds is 4. The van der Waals surface area contributed by atoms with E-state index in [4.69, 9.17) is 21.8 Å². The third-order valence-corrected chi connectivity index (χ3v) is 2.51. The van der Waals surface area contributed by atoms with Gasteiger partial charge in [0.25, 0.3) is 5.91 Å². The number of carbonyl (C=O) groups is 2. The molecule has 3 N–H and O–H groups in total. The number of hydrogen-bond donors (Lipinski definition) is 2. The summed E-state index contributed by atoms with van der Waals surface area (Å²) in [5.74, 6) is -0.876. The van der Waals surface area contributed by atoms with Gasteiger partial charge in [0.15, 0.2) is 0 Å². The van der Waals surface area contributed by atoms with Crippen molar-refractivity contribution in [3.8, 4) is 0 Å². The van der Waals surface area contributed by atoms with Gasteiger partial charge in [-0.25, -0.2) is 0 Å². The number of amides is 2. The van der Waals surface area contributed by atoms with Crippen LogP contribution in [0, 0.1) is 5.41 Å². The van der Waals surface area contributed by atoms with Crippen molar-refractivity contribution in [2.24, 2.45) is 11.1 Å². The van der Waals surface area contributed by atoms with Crippen molar-refractivity contribution in [2.45, 2.75) is 13.8 Å². The first-order valence-corrected chi connectivity index (χ1v) is 5.03. The third-order valence-electron chi connectivity index (χ3n) is 2.22. The van der Waals surface area contributed by atoms with E-state index in [2.05, 4.69) is 5.32 Å². The van der Waals surface area contributed by atoms with Crippen LogP contribution in [-0.4, -0.2) is 18.4 Å². The van der Waals surface area contributed by atoms with Gasteiger partial charge in [-0.1, -0.05) is 0 Å². The number of carbonyl (C=O) groups excluding carboxylic acids is 2. The highest BCUT2D eigenvalue weighted by Crippen LogP contribution is 2.17. The number of nitrogens with two attached hydrogens (primary N) is 1. The summed E-state index contributed by atoms with van der Waals surface area (Å²) in [6.45, 7) is 3.43. The number of nitrogens with one attached hydrogen (secondary N) is 1. The molecule has 88 valence electrons. The molecule has 0 aromatic carbocycles. The van der Waals surface area contributed by atoms with Crippen molar-refractivity contribution in [1.82, 2.24) is 5.32 Å². The predicted molar refractivity (Wildman–Crippen MR) is 59.0 cm³/mol. The summed E-state index contributed by atoms with van der Waals surface area (Å²) >= 11 is 5.63. The zero-order valence-corrected chi connectivity index (χ0v) is 9.80. The van der Waals surface area contributed by atoms with E-state index in [-0.39, 0.29) is 17.3 Å². The Morgan fingerprint density at radius 3 is 2.62 bits per heavy atom. The summed E-state index contributed by atoms with van der Waals surface area (Å²) in [5, 5.41) is 2.59. The Hall–Kier alpha value is -1.49. The van der Waals surface area contributed by atoms with Crippen LogP contribution in [0.4, 0.5) is 0 Å². The topological polar surface area (TPSA) is 85.3 Å². The molecule has 16 heavy (non-hydrogen) atoms. The van der Waals surface area contributed by atoms with Gasteiger partial charge in [0.1, 0.15) is 0 Å². The van der Waals surface area contributed by atoms with E-state index < -0.39 is 17.2 Å². The second-order valence-electron chi connectivity index (χ2n) is 4.04. The molecule has 1 aromatic heterocycles. The van der Waals surface area contributed by atoms with E-state index in [1.165, 1.54) is 12.3 Å². The molecule has 0 bridgehead atoms. The molecule has 1 heterocycles. The lowest BCUT2D eigenvalue weighted by atomic mass is 9.93. The quantitative estimate of drug-likeness (QED) is 0.834. The molecule has 2 amide bonds. The number of primary amides is 1. The van der Waals surface area contributed by atoms with Crippen LogP contribution in [0.25, 0.3) is 0 Å². The second kappa shape index (κ2) is 4.57. The Bertz CT molecular complexity index is 412. The van der Waals surface area contributed by atoms with Gasteiger partial charge in [-0.2, -0.15) is 0 Å². The highest BCUT2D eigenvalue weighted by atomic mass is 35.5.